The maximum absolute atomic E-state index is 8.83. The van der Waals surface area contributed by atoms with E-state index in [1.807, 2.05) is 12.1 Å². The molecule has 0 bridgehead atoms. The third-order valence-corrected chi connectivity index (χ3v) is 3.11. The molecule has 0 fully saturated rings. The molecule has 0 atom stereocenters. The zero-order valence-corrected chi connectivity index (χ0v) is 11.2. The minimum atomic E-state index is 0.207. The number of pyridine rings is 1. The molecular formula is C15H13N3O3. The first-order valence-corrected chi connectivity index (χ1v) is 6.40. The molecule has 106 valence electrons. The second kappa shape index (κ2) is 5.69. The number of ether oxygens (including phenoxy) is 3. The molecular weight excluding hydrogens is 270 g/mol. The van der Waals surface area contributed by atoms with Crippen molar-refractivity contribution in [2.24, 2.45) is 5.73 Å². The first-order valence-electron chi connectivity index (χ1n) is 6.40. The van der Waals surface area contributed by atoms with Gasteiger partial charge in [0, 0.05) is 24.4 Å². The summed E-state index contributed by atoms with van der Waals surface area (Å²) in [6.07, 6.45) is 1.58. The molecule has 0 saturated carbocycles. The van der Waals surface area contributed by atoms with Crippen molar-refractivity contribution in [1.29, 1.82) is 5.26 Å². The van der Waals surface area contributed by atoms with Crippen LogP contribution in [0.2, 0.25) is 0 Å². The van der Waals surface area contributed by atoms with E-state index in [9.17, 15) is 0 Å². The number of nitrogens with two attached hydrogens (primary N) is 1. The molecule has 0 spiro atoms. The molecule has 1 aromatic heterocycles. The lowest BCUT2D eigenvalue weighted by molar-refractivity contribution is 0.173. The summed E-state index contributed by atoms with van der Waals surface area (Å²) < 4.78 is 16.4. The molecule has 6 nitrogen and oxygen atoms in total. The molecule has 1 aromatic carbocycles. The Morgan fingerprint density at radius 3 is 2.86 bits per heavy atom. The molecule has 1 aliphatic heterocycles. The van der Waals surface area contributed by atoms with Gasteiger partial charge >= 0.3 is 0 Å². The van der Waals surface area contributed by atoms with Crippen molar-refractivity contribution in [2.75, 3.05) is 6.79 Å². The molecule has 0 radical (unpaired) electrons. The number of aromatic nitrogens is 1. The highest BCUT2D eigenvalue weighted by Gasteiger charge is 2.17. The molecule has 0 aliphatic carbocycles. The summed E-state index contributed by atoms with van der Waals surface area (Å²) >= 11 is 0. The summed E-state index contributed by atoms with van der Waals surface area (Å²) in [6.45, 7) is 0.869. The number of nitriles is 1. The maximum Gasteiger partial charge on any atom is 0.231 e. The molecule has 3 rings (SSSR count). The molecule has 6 heteroatoms. The van der Waals surface area contributed by atoms with Gasteiger partial charge in [-0.1, -0.05) is 0 Å². The van der Waals surface area contributed by atoms with Crippen LogP contribution in [0.1, 0.15) is 16.8 Å². The minimum absolute atomic E-state index is 0.207. The number of hydrogen-bond acceptors (Lipinski definition) is 6. The van der Waals surface area contributed by atoms with Gasteiger partial charge in [-0.2, -0.15) is 5.26 Å². The fourth-order valence-electron chi connectivity index (χ4n) is 2.05. The van der Waals surface area contributed by atoms with Gasteiger partial charge < -0.3 is 19.9 Å². The van der Waals surface area contributed by atoms with E-state index < -0.39 is 0 Å². The Hall–Kier alpha value is -2.78. The number of nitrogens with zero attached hydrogens (tertiary/aromatic N) is 2. The van der Waals surface area contributed by atoms with Gasteiger partial charge in [0.15, 0.2) is 11.5 Å². The highest BCUT2D eigenvalue weighted by molar-refractivity contribution is 5.51. The summed E-state index contributed by atoms with van der Waals surface area (Å²) in [5.74, 6) is 1.98. The summed E-state index contributed by atoms with van der Waals surface area (Å²) in [4.78, 5) is 3.92. The van der Waals surface area contributed by atoms with Crippen LogP contribution in [0.4, 0.5) is 0 Å². The highest BCUT2D eigenvalue weighted by atomic mass is 16.7. The second-order valence-corrected chi connectivity index (χ2v) is 4.47. The zero-order valence-electron chi connectivity index (χ0n) is 11.2. The number of fused-ring (bicyclic) bond motifs is 1. The van der Waals surface area contributed by atoms with Crippen LogP contribution in [-0.4, -0.2) is 11.8 Å². The van der Waals surface area contributed by atoms with Crippen LogP contribution in [0.3, 0.4) is 0 Å². The number of benzene rings is 1. The monoisotopic (exact) mass is 283 g/mol. The molecule has 2 aromatic rings. The van der Waals surface area contributed by atoms with Crippen LogP contribution < -0.4 is 19.9 Å². The largest absolute Gasteiger partial charge is 0.488 e. The van der Waals surface area contributed by atoms with E-state index >= 15 is 0 Å². The standard InChI is InChI=1S/C15H13N3O3/c16-6-11-4-14-15(21-9-20-14)5-13(11)19-8-10-1-2-18-12(3-10)7-17/h1-5H,6,8-9,16H2. The van der Waals surface area contributed by atoms with E-state index in [1.54, 1.807) is 24.4 Å². The second-order valence-electron chi connectivity index (χ2n) is 4.47. The Kier molecular flexibility index (Phi) is 3.58. The van der Waals surface area contributed by atoms with E-state index in [1.165, 1.54) is 0 Å². The predicted molar refractivity (Wildman–Crippen MR) is 73.7 cm³/mol. The van der Waals surface area contributed by atoms with Gasteiger partial charge in [0.05, 0.1) is 0 Å². The van der Waals surface area contributed by atoms with Crippen LogP contribution in [0.25, 0.3) is 0 Å². The zero-order chi connectivity index (χ0) is 14.7. The molecule has 1 aliphatic rings. The summed E-state index contributed by atoms with van der Waals surface area (Å²) in [5, 5.41) is 8.83. The molecule has 21 heavy (non-hydrogen) atoms. The first kappa shape index (κ1) is 13.2. The van der Waals surface area contributed by atoms with E-state index in [4.69, 9.17) is 25.2 Å². The van der Waals surface area contributed by atoms with Gasteiger partial charge in [-0.05, 0) is 23.8 Å². The Labute approximate surface area is 121 Å². The van der Waals surface area contributed by atoms with E-state index in [0.29, 0.717) is 36.1 Å². The molecule has 2 N–H and O–H groups in total. The average Bonchev–Trinajstić information content (AvgIpc) is 2.99. The van der Waals surface area contributed by atoms with Gasteiger partial charge in [0.2, 0.25) is 6.79 Å². The highest BCUT2D eigenvalue weighted by Crippen LogP contribution is 2.38. The third kappa shape index (κ3) is 2.73. The van der Waals surface area contributed by atoms with E-state index in [-0.39, 0.29) is 6.79 Å². The smallest absolute Gasteiger partial charge is 0.231 e. The number of hydrogen-bond donors (Lipinski definition) is 1. The lowest BCUT2D eigenvalue weighted by atomic mass is 10.1. The summed E-state index contributed by atoms with van der Waals surface area (Å²) in [5.41, 5.74) is 7.80. The van der Waals surface area contributed by atoms with Crippen molar-refractivity contribution in [3.05, 3.63) is 47.3 Å². The van der Waals surface area contributed by atoms with Gasteiger partial charge in [0.1, 0.15) is 24.1 Å². The quantitative estimate of drug-likeness (QED) is 0.918. The van der Waals surface area contributed by atoms with Crippen molar-refractivity contribution in [3.8, 4) is 23.3 Å². The van der Waals surface area contributed by atoms with Gasteiger partial charge in [-0.25, -0.2) is 4.98 Å². The number of rotatable bonds is 4. The Morgan fingerprint density at radius 1 is 1.29 bits per heavy atom. The van der Waals surface area contributed by atoms with Gasteiger partial charge in [-0.15, -0.1) is 0 Å². The van der Waals surface area contributed by atoms with E-state index in [0.717, 1.165) is 11.1 Å². The van der Waals surface area contributed by atoms with Crippen molar-refractivity contribution < 1.29 is 14.2 Å². The van der Waals surface area contributed by atoms with Crippen molar-refractivity contribution in [3.63, 3.8) is 0 Å². The Morgan fingerprint density at radius 2 is 2.10 bits per heavy atom. The normalized spacial score (nSPS) is 12.0. The van der Waals surface area contributed by atoms with Gasteiger partial charge in [-0.3, -0.25) is 0 Å². The topological polar surface area (TPSA) is 90.4 Å². The minimum Gasteiger partial charge on any atom is -0.488 e. The van der Waals surface area contributed by atoms with Crippen molar-refractivity contribution >= 4 is 0 Å². The molecule has 0 amide bonds. The average molecular weight is 283 g/mol. The fourth-order valence-corrected chi connectivity index (χ4v) is 2.05. The SMILES string of the molecule is N#Cc1cc(COc2cc3c(cc2CN)OCO3)ccn1. The summed E-state index contributed by atoms with van der Waals surface area (Å²) in [6, 6.07) is 9.09. The van der Waals surface area contributed by atoms with Crippen LogP contribution in [-0.2, 0) is 13.2 Å². The summed E-state index contributed by atoms with van der Waals surface area (Å²) in [7, 11) is 0. The van der Waals surface area contributed by atoms with Crippen LogP contribution in [0, 0.1) is 11.3 Å². The van der Waals surface area contributed by atoms with Crippen molar-refractivity contribution in [2.45, 2.75) is 13.2 Å². The Bertz CT molecular complexity index is 710. The van der Waals surface area contributed by atoms with Gasteiger partial charge in [0.25, 0.3) is 0 Å². The molecule has 0 saturated heterocycles. The predicted octanol–water partition coefficient (Wildman–Crippen LogP) is 1.72. The maximum atomic E-state index is 8.83. The van der Waals surface area contributed by atoms with Crippen LogP contribution in [0.5, 0.6) is 17.2 Å². The van der Waals surface area contributed by atoms with Crippen LogP contribution in [0.15, 0.2) is 30.5 Å². The molecule has 0 unspecified atom stereocenters. The van der Waals surface area contributed by atoms with E-state index in [2.05, 4.69) is 4.98 Å². The van der Waals surface area contributed by atoms with Crippen LogP contribution >= 0.6 is 0 Å². The first-order chi connectivity index (χ1) is 10.3. The van der Waals surface area contributed by atoms with Crippen molar-refractivity contribution in [1.82, 2.24) is 4.98 Å². The Balaban J connectivity index is 1.80. The third-order valence-electron chi connectivity index (χ3n) is 3.11. The fraction of sp³-hybridized carbons (Fsp3) is 0.200. The molecule has 2 heterocycles. The lowest BCUT2D eigenvalue weighted by Crippen LogP contribution is -2.03. The lowest BCUT2D eigenvalue weighted by Gasteiger charge is -2.11.